The van der Waals surface area contributed by atoms with E-state index in [9.17, 15) is 9.18 Å². The van der Waals surface area contributed by atoms with Crippen molar-refractivity contribution >= 4 is 17.0 Å². The highest BCUT2D eigenvalue weighted by molar-refractivity contribution is 5.92. The van der Waals surface area contributed by atoms with Crippen LogP contribution in [-0.4, -0.2) is 27.7 Å². The number of nitrogens with one attached hydrogen (secondary N) is 1. The lowest BCUT2D eigenvalue weighted by Crippen LogP contribution is -2.05. The van der Waals surface area contributed by atoms with E-state index in [-0.39, 0.29) is 11.7 Å². The molecule has 1 saturated heterocycles. The molecule has 2 N–H and O–H groups in total. The number of carboxylic acid groups (broad SMARTS) is 1. The Labute approximate surface area is 108 Å². The monoisotopic (exact) mass is 264 g/mol. The Morgan fingerprint density at radius 3 is 3.00 bits per heavy atom. The number of fused-ring (bicyclic) bond motifs is 1. The van der Waals surface area contributed by atoms with Gasteiger partial charge in [-0.3, -0.25) is 0 Å². The predicted octanol–water partition coefficient (Wildman–Crippen LogP) is 2.50. The number of hydrogen-bond donors (Lipinski definition) is 2. The average Bonchev–Trinajstić information content (AvgIpc) is 2.92. The molecule has 0 saturated carbocycles. The van der Waals surface area contributed by atoms with Crippen LogP contribution in [-0.2, 0) is 4.74 Å². The van der Waals surface area contributed by atoms with E-state index < -0.39 is 11.8 Å². The number of aromatic nitrogens is 2. The molecule has 0 bridgehead atoms. The summed E-state index contributed by atoms with van der Waals surface area (Å²) < 4.78 is 19.2. The molecule has 2 aromatic rings. The second kappa shape index (κ2) is 4.31. The number of ether oxygens (including phenoxy) is 1. The van der Waals surface area contributed by atoms with Crippen molar-refractivity contribution in [3.63, 3.8) is 0 Å². The maximum atomic E-state index is 13.6. The van der Waals surface area contributed by atoms with Crippen LogP contribution in [0.4, 0.5) is 4.39 Å². The summed E-state index contributed by atoms with van der Waals surface area (Å²) in [7, 11) is 0. The number of carboxylic acids is 1. The summed E-state index contributed by atoms with van der Waals surface area (Å²) in [6.07, 6.45) is 0.819. The van der Waals surface area contributed by atoms with Crippen LogP contribution in [0.2, 0.25) is 0 Å². The van der Waals surface area contributed by atoms with Crippen LogP contribution in [0.25, 0.3) is 11.0 Å². The third kappa shape index (κ3) is 1.98. The molecule has 0 radical (unpaired) electrons. The topological polar surface area (TPSA) is 75.2 Å². The molecular formula is C13H13FN2O3. The van der Waals surface area contributed by atoms with E-state index in [0.29, 0.717) is 29.4 Å². The SMILES string of the molecule is CC1CCOC1c1nc2cc(C(=O)O)c(F)cc2[nH]1. The molecule has 1 fully saturated rings. The molecule has 3 rings (SSSR count). The number of imidazole rings is 1. The Morgan fingerprint density at radius 1 is 1.58 bits per heavy atom. The largest absolute Gasteiger partial charge is 0.478 e. The first-order valence-electron chi connectivity index (χ1n) is 6.10. The van der Waals surface area contributed by atoms with Crippen molar-refractivity contribution in [1.82, 2.24) is 9.97 Å². The zero-order valence-corrected chi connectivity index (χ0v) is 10.3. The predicted molar refractivity (Wildman–Crippen MR) is 65.5 cm³/mol. The zero-order chi connectivity index (χ0) is 13.6. The van der Waals surface area contributed by atoms with Gasteiger partial charge in [0.1, 0.15) is 17.7 Å². The van der Waals surface area contributed by atoms with Crippen molar-refractivity contribution in [1.29, 1.82) is 0 Å². The van der Waals surface area contributed by atoms with E-state index in [4.69, 9.17) is 9.84 Å². The highest BCUT2D eigenvalue weighted by Gasteiger charge is 2.28. The van der Waals surface area contributed by atoms with Gasteiger partial charge in [-0.1, -0.05) is 6.92 Å². The van der Waals surface area contributed by atoms with E-state index in [1.807, 2.05) is 0 Å². The smallest absolute Gasteiger partial charge is 0.338 e. The lowest BCUT2D eigenvalue weighted by molar-refractivity contribution is 0.0692. The van der Waals surface area contributed by atoms with Crippen LogP contribution in [0.15, 0.2) is 12.1 Å². The quantitative estimate of drug-likeness (QED) is 0.873. The number of H-pyrrole nitrogens is 1. The second-order valence-electron chi connectivity index (χ2n) is 4.83. The highest BCUT2D eigenvalue weighted by Crippen LogP contribution is 2.33. The fraction of sp³-hybridized carbons (Fsp3) is 0.385. The van der Waals surface area contributed by atoms with Gasteiger partial charge in [-0.15, -0.1) is 0 Å². The molecule has 2 unspecified atom stereocenters. The minimum Gasteiger partial charge on any atom is -0.478 e. The van der Waals surface area contributed by atoms with Gasteiger partial charge < -0.3 is 14.8 Å². The molecule has 1 aliphatic heterocycles. The molecule has 2 heterocycles. The summed E-state index contributed by atoms with van der Waals surface area (Å²) in [6.45, 7) is 2.74. The van der Waals surface area contributed by atoms with E-state index in [0.717, 1.165) is 12.5 Å². The van der Waals surface area contributed by atoms with E-state index >= 15 is 0 Å². The molecule has 100 valence electrons. The summed E-state index contributed by atoms with van der Waals surface area (Å²) in [6, 6.07) is 2.40. The first-order chi connectivity index (χ1) is 9.06. The zero-order valence-electron chi connectivity index (χ0n) is 10.3. The number of aromatic amines is 1. The minimum atomic E-state index is -1.30. The van der Waals surface area contributed by atoms with Gasteiger partial charge in [-0.05, 0) is 18.4 Å². The normalized spacial score (nSPS) is 23.1. The summed E-state index contributed by atoms with van der Waals surface area (Å²) in [4.78, 5) is 18.2. The maximum Gasteiger partial charge on any atom is 0.338 e. The Kier molecular flexibility index (Phi) is 2.74. The number of benzene rings is 1. The van der Waals surface area contributed by atoms with E-state index in [2.05, 4.69) is 16.9 Å². The van der Waals surface area contributed by atoms with Crippen LogP contribution >= 0.6 is 0 Å². The van der Waals surface area contributed by atoms with Crippen molar-refractivity contribution < 1.29 is 19.0 Å². The summed E-state index contributed by atoms with van der Waals surface area (Å²) in [5, 5.41) is 8.88. The van der Waals surface area contributed by atoms with Crippen LogP contribution in [0.3, 0.4) is 0 Å². The Hall–Kier alpha value is -1.95. The molecule has 1 aromatic heterocycles. The molecule has 1 aromatic carbocycles. The molecule has 0 spiro atoms. The highest BCUT2D eigenvalue weighted by atomic mass is 19.1. The van der Waals surface area contributed by atoms with Crippen molar-refractivity contribution in [2.45, 2.75) is 19.4 Å². The Bertz CT molecular complexity index is 653. The number of carbonyl (C=O) groups is 1. The third-order valence-corrected chi connectivity index (χ3v) is 3.48. The van der Waals surface area contributed by atoms with Gasteiger partial charge in [0.15, 0.2) is 0 Å². The average molecular weight is 264 g/mol. The number of hydrogen-bond acceptors (Lipinski definition) is 3. The maximum absolute atomic E-state index is 13.6. The molecule has 19 heavy (non-hydrogen) atoms. The first-order valence-corrected chi connectivity index (χ1v) is 6.10. The summed E-state index contributed by atoms with van der Waals surface area (Å²) in [5.41, 5.74) is 0.558. The number of aromatic carboxylic acids is 1. The Morgan fingerprint density at radius 2 is 2.37 bits per heavy atom. The van der Waals surface area contributed by atoms with Crippen molar-refractivity contribution in [2.75, 3.05) is 6.61 Å². The molecule has 6 heteroatoms. The molecule has 1 aliphatic rings. The van der Waals surface area contributed by atoms with E-state index in [1.165, 1.54) is 6.07 Å². The first kappa shape index (κ1) is 12.1. The summed E-state index contributed by atoms with van der Waals surface area (Å²) in [5.74, 6) is -1.10. The van der Waals surface area contributed by atoms with Gasteiger partial charge in [-0.2, -0.15) is 0 Å². The van der Waals surface area contributed by atoms with Gasteiger partial charge >= 0.3 is 5.97 Å². The van der Waals surface area contributed by atoms with Gasteiger partial charge in [0, 0.05) is 12.7 Å². The third-order valence-electron chi connectivity index (χ3n) is 3.48. The fourth-order valence-corrected chi connectivity index (χ4v) is 2.39. The number of halogens is 1. The molecule has 2 atom stereocenters. The van der Waals surface area contributed by atoms with Crippen molar-refractivity contribution in [3.8, 4) is 0 Å². The lowest BCUT2D eigenvalue weighted by Gasteiger charge is -2.10. The van der Waals surface area contributed by atoms with Gasteiger partial charge in [0.05, 0.1) is 16.6 Å². The molecule has 0 amide bonds. The number of nitrogens with zero attached hydrogens (tertiary/aromatic N) is 1. The van der Waals surface area contributed by atoms with Gasteiger partial charge in [0.2, 0.25) is 0 Å². The van der Waals surface area contributed by atoms with E-state index in [1.54, 1.807) is 0 Å². The second-order valence-corrected chi connectivity index (χ2v) is 4.83. The van der Waals surface area contributed by atoms with Gasteiger partial charge in [0.25, 0.3) is 0 Å². The summed E-state index contributed by atoms with van der Waals surface area (Å²) >= 11 is 0. The van der Waals surface area contributed by atoms with Crippen molar-refractivity contribution in [3.05, 3.63) is 29.3 Å². The van der Waals surface area contributed by atoms with Crippen LogP contribution in [0.5, 0.6) is 0 Å². The molecular weight excluding hydrogens is 251 g/mol. The number of rotatable bonds is 2. The molecule has 0 aliphatic carbocycles. The lowest BCUT2D eigenvalue weighted by atomic mass is 10.0. The van der Waals surface area contributed by atoms with Gasteiger partial charge in [-0.25, -0.2) is 14.2 Å². The van der Waals surface area contributed by atoms with Crippen LogP contribution in [0, 0.1) is 11.7 Å². The fourth-order valence-electron chi connectivity index (χ4n) is 2.39. The van der Waals surface area contributed by atoms with Crippen LogP contribution < -0.4 is 0 Å². The minimum absolute atomic E-state index is 0.135. The Balaban J connectivity index is 2.08. The van der Waals surface area contributed by atoms with Crippen LogP contribution in [0.1, 0.15) is 35.6 Å². The molecule has 5 nitrogen and oxygen atoms in total. The standard InChI is InChI=1S/C13H13FN2O3/c1-6-2-3-19-11(6)12-15-9-4-7(13(17)18)8(14)5-10(9)16-12/h4-6,11H,2-3H2,1H3,(H,15,16)(H,17,18). The van der Waals surface area contributed by atoms with Crippen molar-refractivity contribution in [2.24, 2.45) is 5.92 Å².